The SMILES string of the molecule is CN1CCN(CCOC(=O)Cn2ccc(N)n2)CC1. The van der Waals surface area contributed by atoms with E-state index in [1.54, 1.807) is 12.3 Å². The fourth-order valence-electron chi connectivity index (χ4n) is 2.00. The molecule has 2 rings (SSSR count). The molecule has 0 atom stereocenters. The standard InChI is InChI=1S/C12H21N5O2/c1-15-4-6-16(7-5-15)8-9-19-12(18)10-17-3-2-11(13)14-17/h2-3H,4-10H2,1H3,(H2,13,14). The highest BCUT2D eigenvalue weighted by Crippen LogP contribution is 1.99. The first kappa shape index (κ1) is 13.8. The van der Waals surface area contributed by atoms with Crippen molar-refractivity contribution in [1.29, 1.82) is 0 Å². The van der Waals surface area contributed by atoms with Crippen LogP contribution in [0.3, 0.4) is 0 Å². The molecule has 0 saturated carbocycles. The molecule has 0 unspecified atom stereocenters. The molecule has 7 heteroatoms. The van der Waals surface area contributed by atoms with E-state index in [9.17, 15) is 4.79 Å². The number of rotatable bonds is 5. The van der Waals surface area contributed by atoms with Gasteiger partial charge in [0.25, 0.3) is 0 Å². The van der Waals surface area contributed by atoms with Crippen LogP contribution in [0.1, 0.15) is 0 Å². The largest absolute Gasteiger partial charge is 0.463 e. The molecular formula is C12H21N5O2. The predicted octanol–water partition coefficient (Wildman–Crippen LogP) is -0.744. The van der Waals surface area contributed by atoms with E-state index in [0.717, 1.165) is 32.7 Å². The highest BCUT2D eigenvalue weighted by molar-refractivity contribution is 5.69. The highest BCUT2D eigenvalue weighted by atomic mass is 16.5. The molecule has 0 spiro atoms. The van der Waals surface area contributed by atoms with Gasteiger partial charge in [-0.25, -0.2) is 0 Å². The summed E-state index contributed by atoms with van der Waals surface area (Å²) < 4.78 is 6.67. The zero-order valence-electron chi connectivity index (χ0n) is 11.3. The quantitative estimate of drug-likeness (QED) is 0.708. The molecule has 1 aromatic heterocycles. The Morgan fingerprint density at radius 1 is 1.42 bits per heavy atom. The van der Waals surface area contributed by atoms with Gasteiger partial charge >= 0.3 is 5.97 Å². The van der Waals surface area contributed by atoms with Gasteiger partial charge in [0.1, 0.15) is 19.0 Å². The minimum absolute atomic E-state index is 0.111. The number of carbonyl (C=O) groups is 1. The van der Waals surface area contributed by atoms with Crippen LogP contribution in [-0.2, 0) is 16.1 Å². The molecule has 1 aliphatic rings. The van der Waals surface area contributed by atoms with Gasteiger partial charge in [0.15, 0.2) is 0 Å². The first-order valence-electron chi connectivity index (χ1n) is 6.49. The Labute approximate surface area is 112 Å². The number of esters is 1. The molecule has 0 bridgehead atoms. The fourth-order valence-corrected chi connectivity index (χ4v) is 2.00. The van der Waals surface area contributed by atoms with E-state index in [4.69, 9.17) is 10.5 Å². The molecule has 1 aliphatic heterocycles. The maximum Gasteiger partial charge on any atom is 0.327 e. The Bertz CT molecular complexity index is 412. The average Bonchev–Trinajstić information content (AvgIpc) is 2.77. The maximum atomic E-state index is 11.6. The van der Waals surface area contributed by atoms with Crippen molar-refractivity contribution in [2.45, 2.75) is 6.54 Å². The molecule has 0 aliphatic carbocycles. The number of hydrogen-bond donors (Lipinski definition) is 1. The van der Waals surface area contributed by atoms with E-state index < -0.39 is 0 Å². The third-order valence-corrected chi connectivity index (χ3v) is 3.22. The summed E-state index contributed by atoms with van der Waals surface area (Å²) in [7, 11) is 2.12. The number of likely N-dealkylation sites (N-methyl/N-ethyl adjacent to an activating group) is 1. The number of piperazine rings is 1. The Hall–Kier alpha value is -1.60. The third-order valence-electron chi connectivity index (χ3n) is 3.22. The number of ether oxygens (including phenoxy) is 1. The smallest absolute Gasteiger partial charge is 0.327 e. The van der Waals surface area contributed by atoms with Crippen molar-refractivity contribution in [3.8, 4) is 0 Å². The maximum absolute atomic E-state index is 11.6. The first-order chi connectivity index (χ1) is 9.13. The van der Waals surface area contributed by atoms with Crippen LogP contribution in [-0.4, -0.2) is 71.9 Å². The highest BCUT2D eigenvalue weighted by Gasteiger charge is 2.14. The van der Waals surface area contributed by atoms with E-state index in [1.165, 1.54) is 4.68 Å². The lowest BCUT2D eigenvalue weighted by molar-refractivity contribution is -0.145. The Morgan fingerprint density at radius 2 is 2.16 bits per heavy atom. The van der Waals surface area contributed by atoms with Gasteiger partial charge in [-0.15, -0.1) is 0 Å². The van der Waals surface area contributed by atoms with Gasteiger partial charge in [0.05, 0.1) is 0 Å². The minimum atomic E-state index is -0.280. The number of anilines is 1. The van der Waals surface area contributed by atoms with Crippen molar-refractivity contribution in [1.82, 2.24) is 19.6 Å². The van der Waals surface area contributed by atoms with Gasteiger partial charge in [-0.05, 0) is 13.1 Å². The van der Waals surface area contributed by atoms with Crippen molar-refractivity contribution in [2.24, 2.45) is 0 Å². The van der Waals surface area contributed by atoms with Crippen molar-refractivity contribution in [3.05, 3.63) is 12.3 Å². The van der Waals surface area contributed by atoms with Gasteiger partial charge in [0.2, 0.25) is 0 Å². The number of nitrogens with zero attached hydrogens (tertiary/aromatic N) is 4. The zero-order valence-corrected chi connectivity index (χ0v) is 11.3. The van der Waals surface area contributed by atoms with E-state index in [1.807, 2.05) is 0 Å². The predicted molar refractivity (Wildman–Crippen MR) is 71.5 cm³/mol. The molecule has 19 heavy (non-hydrogen) atoms. The molecule has 7 nitrogen and oxygen atoms in total. The van der Waals surface area contributed by atoms with Crippen molar-refractivity contribution >= 4 is 11.8 Å². The van der Waals surface area contributed by atoms with Gasteiger partial charge < -0.3 is 15.4 Å². The minimum Gasteiger partial charge on any atom is -0.463 e. The van der Waals surface area contributed by atoms with E-state index in [2.05, 4.69) is 21.9 Å². The monoisotopic (exact) mass is 267 g/mol. The number of aromatic nitrogens is 2. The second-order valence-electron chi connectivity index (χ2n) is 4.80. The lowest BCUT2D eigenvalue weighted by atomic mass is 10.3. The Balaban J connectivity index is 1.61. The number of nitrogens with two attached hydrogens (primary N) is 1. The molecule has 1 aromatic rings. The fraction of sp³-hybridized carbons (Fsp3) is 0.667. The van der Waals surface area contributed by atoms with E-state index >= 15 is 0 Å². The van der Waals surface area contributed by atoms with Crippen molar-refractivity contribution in [2.75, 3.05) is 52.1 Å². The topological polar surface area (TPSA) is 76.6 Å². The molecular weight excluding hydrogens is 246 g/mol. The van der Waals surface area contributed by atoms with E-state index in [-0.39, 0.29) is 12.5 Å². The van der Waals surface area contributed by atoms with Crippen LogP contribution in [0.25, 0.3) is 0 Å². The van der Waals surface area contributed by atoms with Gasteiger partial charge in [-0.3, -0.25) is 14.4 Å². The summed E-state index contributed by atoms with van der Waals surface area (Å²) in [6.07, 6.45) is 1.66. The molecule has 0 aromatic carbocycles. The summed E-state index contributed by atoms with van der Waals surface area (Å²) in [4.78, 5) is 16.2. The van der Waals surface area contributed by atoms with E-state index in [0.29, 0.717) is 12.4 Å². The lowest BCUT2D eigenvalue weighted by Crippen LogP contribution is -2.45. The zero-order chi connectivity index (χ0) is 13.7. The van der Waals surface area contributed by atoms with Crippen LogP contribution >= 0.6 is 0 Å². The molecule has 2 heterocycles. The molecule has 1 saturated heterocycles. The number of nitrogen functional groups attached to an aromatic ring is 1. The van der Waals surface area contributed by atoms with Crippen LogP contribution < -0.4 is 5.73 Å². The molecule has 0 amide bonds. The third kappa shape index (κ3) is 4.53. The Morgan fingerprint density at radius 3 is 2.79 bits per heavy atom. The van der Waals surface area contributed by atoms with Crippen LogP contribution in [0.5, 0.6) is 0 Å². The molecule has 2 N–H and O–H groups in total. The Kier molecular flexibility index (Phi) is 4.75. The molecule has 106 valence electrons. The summed E-state index contributed by atoms with van der Waals surface area (Å²) in [5.41, 5.74) is 5.47. The summed E-state index contributed by atoms with van der Waals surface area (Å²) in [6, 6.07) is 1.65. The van der Waals surface area contributed by atoms with Crippen LogP contribution in [0.4, 0.5) is 5.82 Å². The van der Waals surface area contributed by atoms with Gasteiger partial charge in [-0.1, -0.05) is 0 Å². The van der Waals surface area contributed by atoms with Gasteiger partial charge in [-0.2, -0.15) is 5.10 Å². The van der Waals surface area contributed by atoms with Crippen LogP contribution in [0.15, 0.2) is 12.3 Å². The second kappa shape index (κ2) is 6.53. The molecule has 0 radical (unpaired) electrons. The number of hydrogen-bond acceptors (Lipinski definition) is 6. The van der Waals surface area contributed by atoms with Gasteiger partial charge in [0, 0.05) is 38.9 Å². The molecule has 1 fully saturated rings. The summed E-state index contributed by atoms with van der Waals surface area (Å²) in [6.45, 7) is 5.54. The van der Waals surface area contributed by atoms with Crippen molar-refractivity contribution in [3.63, 3.8) is 0 Å². The summed E-state index contributed by atoms with van der Waals surface area (Å²) in [5.74, 6) is 0.127. The number of carbonyl (C=O) groups excluding carboxylic acids is 1. The summed E-state index contributed by atoms with van der Waals surface area (Å²) in [5, 5.41) is 3.93. The lowest BCUT2D eigenvalue weighted by Gasteiger charge is -2.32. The second-order valence-corrected chi connectivity index (χ2v) is 4.80. The van der Waals surface area contributed by atoms with Crippen molar-refractivity contribution < 1.29 is 9.53 Å². The normalized spacial score (nSPS) is 17.5. The summed E-state index contributed by atoms with van der Waals surface area (Å²) >= 11 is 0. The average molecular weight is 267 g/mol. The van der Waals surface area contributed by atoms with Crippen LogP contribution in [0.2, 0.25) is 0 Å². The van der Waals surface area contributed by atoms with Crippen LogP contribution in [0, 0.1) is 0 Å². The first-order valence-corrected chi connectivity index (χ1v) is 6.49.